The topological polar surface area (TPSA) is 39.1 Å². The molecule has 0 spiro atoms. The molecule has 1 saturated carbocycles. The SMILES string of the molecule is CC1(C)CNCC(CC#N)N(C2CCCCCC2)C1. The van der Waals surface area contributed by atoms with Gasteiger partial charge in [-0.15, -0.1) is 0 Å². The van der Waals surface area contributed by atoms with E-state index in [0.29, 0.717) is 23.9 Å². The Morgan fingerprint density at radius 1 is 1.21 bits per heavy atom. The van der Waals surface area contributed by atoms with Crippen molar-refractivity contribution in [1.82, 2.24) is 10.2 Å². The predicted molar refractivity (Wildman–Crippen MR) is 78.9 cm³/mol. The monoisotopic (exact) mass is 263 g/mol. The number of nitrogens with one attached hydrogen (secondary N) is 1. The van der Waals surface area contributed by atoms with Crippen LogP contribution in [0.2, 0.25) is 0 Å². The van der Waals surface area contributed by atoms with Gasteiger partial charge < -0.3 is 5.32 Å². The van der Waals surface area contributed by atoms with E-state index < -0.39 is 0 Å². The molecule has 1 saturated heterocycles. The molecule has 0 aromatic heterocycles. The van der Waals surface area contributed by atoms with Gasteiger partial charge in [0.15, 0.2) is 0 Å². The maximum atomic E-state index is 9.11. The van der Waals surface area contributed by atoms with Crippen LogP contribution in [0.5, 0.6) is 0 Å². The first-order chi connectivity index (χ1) is 9.12. The van der Waals surface area contributed by atoms with Crippen molar-refractivity contribution in [3.8, 4) is 6.07 Å². The number of rotatable bonds is 2. The minimum absolute atomic E-state index is 0.316. The Balaban J connectivity index is 2.11. The molecule has 1 unspecified atom stereocenters. The zero-order valence-corrected chi connectivity index (χ0v) is 12.6. The van der Waals surface area contributed by atoms with Crippen molar-refractivity contribution in [2.75, 3.05) is 19.6 Å². The van der Waals surface area contributed by atoms with Crippen LogP contribution in [0.1, 0.15) is 58.8 Å². The summed E-state index contributed by atoms with van der Waals surface area (Å²) in [5.41, 5.74) is 0.316. The summed E-state index contributed by atoms with van der Waals surface area (Å²) in [7, 11) is 0. The van der Waals surface area contributed by atoms with Gasteiger partial charge >= 0.3 is 0 Å². The van der Waals surface area contributed by atoms with Gasteiger partial charge in [-0.1, -0.05) is 39.5 Å². The van der Waals surface area contributed by atoms with Crippen LogP contribution in [0.3, 0.4) is 0 Å². The highest BCUT2D eigenvalue weighted by Gasteiger charge is 2.34. The fourth-order valence-corrected chi connectivity index (χ4v) is 3.69. The number of hydrogen-bond acceptors (Lipinski definition) is 3. The molecule has 2 aliphatic rings. The Kier molecular flexibility index (Phi) is 5.24. The van der Waals surface area contributed by atoms with Crippen LogP contribution < -0.4 is 5.32 Å². The molecule has 2 rings (SSSR count). The quantitative estimate of drug-likeness (QED) is 0.779. The van der Waals surface area contributed by atoms with E-state index in [9.17, 15) is 0 Å². The van der Waals surface area contributed by atoms with Crippen molar-refractivity contribution < 1.29 is 0 Å². The van der Waals surface area contributed by atoms with E-state index in [1.54, 1.807) is 0 Å². The molecule has 3 heteroatoms. The maximum absolute atomic E-state index is 9.11. The van der Waals surface area contributed by atoms with Gasteiger partial charge in [0.25, 0.3) is 0 Å². The molecule has 3 nitrogen and oxygen atoms in total. The zero-order chi connectivity index (χ0) is 13.7. The fraction of sp³-hybridized carbons (Fsp3) is 0.938. The molecular weight excluding hydrogens is 234 g/mol. The third-order valence-electron chi connectivity index (χ3n) is 4.68. The summed E-state index contributed by atoms with van der Waals surface area (Å²) < 4.78 is 0. The average Bonchev–Trinajstić information content (AvgIpc) is 2.69. The van der Waals surface area contributed by atoms with Crippen LogP contribution in [0.25, 0.3) is 0 Å². The second kappa shape index (κ2) is 6.72. The predicted octanol–water partition coefficient (Wildman–Crippen LogP) is 2.92. The van der Waals surface area contributed by atoms with E-state index in [4.69, 9.17) is 5.26 Å². The van der Waals surface area contributed by atoms with Gasteiger partial charge in [-0.3, -0.25) is 4.90 Å². The van der Waals surface area contributed by atoms with Crippen molar-refractivity contribution in [3.05, 3.63) is 0 Å². The molecule has 2 fully saturated rings. The molecule has 0 radical (unpaired) electrons. The first kappa shape index (κ1) is 14.8. The highest BCUT2D eigenvalue weighted by atomic mass is 15.2. The van der Waals surface area contributed by atoms with Gasteiger partial charge in [-0.2, -0.15) is 5.26 Å². The number of nitriles is 1. The maximum Gasteiger partial charge on any atom is 0.0638 e. The minimum atomic E-state index is 0.316. The molecule has 0 bridgehead atoms. The lowest BCUT2D eigenvalue weighted by atomic mass is 9.91. The largest absolute Gasteiger partial charge is 0.315 e. The van der Waals surface area contributed by atoms with E-state index in [1.165, 1.54) is 38.5 Å². The third kappa shape index (κ3) is 4.19. The first-order valence-corrected chi connectivity index (χ1v) is 7.96. The van der Waals surface area contributed by atoms with Crippen LogP contribution in [0.4, 0.5) is 0 Å². The van der Waals surface area contributed by atoms with Crippen molar-refractivity contribution in [3.63, 3.8) is 0 Å². The molecule has 1 aliphatic carbocycles. The fourth-order valence-electron chi connectivity index (χ4n) is 3.69. The molecular formula is C16H29N3. The van der Waals surface area contributed by atoms with Crippen LogP contribution in [-0.4, -0.2) is 36.6 Å². The highest BCUT2D eigenvalue weighted by molar-refractivity contribution is 4.94. The number of nitrogens with zero attached hydrogens (tertiary/aromatic N) is 2. The molecule has 0 aromatic rings. The Labute approximate surface area is 118 Å². The normalized spacial score (nSPS) is 30.3. The molecule has 0 amide bonds. The molecule has 1 atom stereocenters. The summed E-state index contributed by atoms with van der Waals surface area (Å²) in [5.74, 6) is 0. The van der Waals surface area contributed by atoms with E-state index in [1.807, 2.05) is 0 Å². The number of hydrogen-bond donors (Lipinski definition) is 1. The minimum Gasteiger partial charge on any atom is -0.315 e. The summed E-state index contributed by atoms with van der Waals surface area (Å²) in [6.45, 7) is 7.87. The molecule has 108 valence electrons. The van der Waals surface area contributed by atoms with Gasteiger partial charge in [0.05, 0.1) is 12.5 Å². The Morgan fingerprint density at radius 2 is 1.89 bits per heavy atom. The average molecular weight is 263 g/mol. The van der Waals surface area contributed by atoms with Crippen molar-refractivity contribution >= 4 is 0 Å². The van der Waals surface area contributed by atoms with Crippen LogP contribution in [-0.2, 0) is 0 Å². The van der Waals surface area contributed by atoms with Crippen molar-refractivity contribution in [2.45, 2.75) is 70.9 Å². The van der Waals surface area contributed by atoms with Gasteiger partial charge in [-0.25, -0.2) is 0 Å². The first-order valence-electron chi connectivity index (χ1n) is 7.96. The van der Waals surface area contributed by atoms with Gasteiger partial charge in [0, 0.05) is 31.7 Å². The van der Waals surface area contributed by atoms with E-state index in [0.717, 1.165) is 19.6 Å². The summed E-state index contributed by atoms with van der Waals surface area (Å²) >= 11 is 0. The van der Waals surface area contributed by atoms with Gasteiger partial charge in [0.1, 0.15) is 0 Å². The van der Waals surface area contributed by atoms with Gasteiger partial charge in [-0.05, 0) is 18.3 Å². The molecule has 1 N–H and O–H groups in total. The van der Waals surface area contributed by atoms with Crippen LogP contribution >= 0.6 is 0 Å². The lowest BCUT2D eigenvalue weighted by molar-refractivity contribution is 0.0952. The standard InChI is InChI=1S/C16H29N3/c1-16(2)12-18-11-15(9-10-17)19(13-16)14-7-5-3-4-6-8-14/h14-15,18H,3-9,11-13H2,1-2H3. The van der Waals surface area contributed by atoms with Crippen molar-refractivity contribution in [2.24, 2.45) is 5.41 Å². The summed E-state index contributed by atoms with van der Waals surface area (Å²) in [6.07, 6.45) is 8.86. The lowest BCUT2D eigenvalue weighted by Crippen LogP contribution is -2.47. The van der Waals surface area contributed by atoms with E-state index >= 15 is 0 Å². The second-order valence-electron chi connectivity index (χ2n) is 7.13. The zero-order valence-electron chi connectivity index (χ0n) is 12.6. The van der Waals surface area contributed by atoms with Crippen molar-refractivity contribution in [1.29, 1.82) is 5.26 Å². The molecule has 1 heterocycles. The van der Waals surface area contributed by atoms with Crippen LogP contribution in [0, 0.1) is 16.7 Å². The smallest absolute Gasteiger partial charge is 0.0638 e. The Hall–Kier alpha value is -0.590. The molecule has 1 aliphatic heterocycles. The Morgan fingerprint density at radius 3 is 2.53 bits per heavy atom. The molecule has 0 aromatic carbocycles. The Bertz CT molecular complexity index is 310. The lowest BCUT2D eigenvalue weighted by Gasteiger charge is -2.39. The summed E-state index contributed by atoms with van der Waals surface area (Å²) in [6, 6.07) is 3.52. The summed E-state index contributed by atoms with van der Waals surface area (Å²) in [5, 5.41) is 12.7. The van der Waals surface area contributed by atoms with Crippen LogP contribution in [0.15, 0.2) is 0 Å². The third-order valence-corrected chi connectivity index (χ3v) is 4.68. The second-order valence-corrected chi connectivity index (χ2v) is 7.13. The highest BCUT2D eigenvalue weighted by Crippen LogP contribution is 2.29. The summed E-state index contributed by atoms with van der Waals surface area (Å²) in [4.78, 5) is 2.68. The van der Waals surface area contributed by atoms with E-state index in [2.05, 4.69) is 30.1 Å². The molecule has 19 heavy (non-hydrogen) atoms. The van der Waals surface area contributed by atoms with Gasteiger partial charge in [0.2, 0.25) is 0 Å². The van der Waals surface area contributed by atoms with E-state index in [-0.39, 0.29) is 0 Å².